The van der Waals surface area contributed by atoms with E-state index in [9.17, 15) is 14.0 Å². The second-order valence-electron chi connectivity index (χ2n) is 3.81. The molecule has 0 aliphatic carbocycles. The van der Waals surface area contributed by atoms with Gasteiger partial charge in [-0.05, 0) is 24.6 Å². The Balaban J connectivity index is 2.83. The van der Waals surface area contributed by atoms with Gasteiger partial charge in [0.25, 0.3) is 5.91 Å². The number of hydrogen-bond donors (Lipinski definition) is 2. The van der Waals surface area contributed by atoms with Crippen LogP contribution in [0.3, 0.4) is 0 Å². The summed E-state index contributed by atoms with van der Waals surface area (Å²) in [6, 6.07) is 2.76. The van der Waals surface area contributed by atoms with Gasteiger partial charge in [-0.2, -0.15) is 0 Å². The monoisotopic (exact) mass is 317 g/mol. The van der Waals surface area contributed by atoms with Crippen LogP contribution in [0.2, 0.25) is 0 Å². The summed E-state index contributed by atoms with van der Waals surface area (Å²) in [5.41, 5.74) is 0.0872. The van der Waals surface area contributed by atoms with E-state index in [1.54, 1.807) is 0 Å². The fourth-order valence-electron chi connectivity index (χ4n) is 1.47. The molecule has 0 saturated heterocycles. The first kappa shape index (κ1) is 14.6. The molecule has 1 amide bonds. The quantitative estimate of drug-likeness (QED) is 0.877. The highest BCUT2D eigenvalue weighted by Crippen LogP contribution is 2.15. The molecule has 6 heteroatoms. The molecule has 0 unspecified atom stereocenters. The maximum absolute atomic E-state index is 13.1. The van der Waals surface area contributed by atoms with Gasteiger partial charge in [-0.1, -0.05) is 29.3 Å². The van der Waals surface area contributed by atoms with E-state index in [1.165, 1.54) is 12.1 Å². The lowest BCUT2D eigenvalue weighted by Gasteiger charge is -2.13. The van der Waals surface area contributed by atoms with E-state index < -0.39 is 23.7 Å². The zero-order valence-corrected chi connectivity index (χ0v) is 11.3. The van der Waals surface area contributed by atoms with Crippen molar-refractivity contribution in [2.24, 2.45) is 0 Å². The van der Waals surface area contributed by atoms with Crippen molar-refractivity contribution < 1.29 is 19.1 Å². The Morgan fingerprint density at radius 2 is 2.11 bits per heavy atom. The molecule has 18 heavy (non-hydrogen) atoms. The van der Waals surface area contributed by atoms with Crippen molar-refractivity contribution in [1.82, 2.24) is 5.32 Å². The average molecular weight is 318 g/mol. The van der Waals surface area contributed by atoms with Crippen molar-refractivity contribution in [3.63, 3.8) is 0 Å². The van der Waals surface area contributed by atoms with Gasteiger partial charge in [0, 0.05) is 10.0 Å². The van der Waals surface area contributed by atoms with E-state index in [0.717, 1.165) is 6.07 Å². The molecule has 4 nitrogen and oxygen atoms in total. The summed E-state index contributed by atoms with van der Waals surface area (Å²) in [5, 5.41) is 11.3. The van der Waals surface area contributed by atoms with Gasteiger partial charge in [0.2, 0.25) is 0 Å². The van der Waals surface area contributed by atoms with Gasteiger partial charge in [-0.15, -0.1) is 0 Å². The Morgan fingerprint density at radius 1 is 1.44 bits per heavy atom. The zero-order valence-electron chi connectivity index (χ0n) is 9.74. The lowest BCUT2D eigenvalue weighted by Crippen LogP contribution is -2.40. The summed E-state index contributed by atoms with van der Waals surface area (Å²) in [6.45, 7) is 1.82. The number of nitrogens with one attached hydrogen (secondary N) is 1. The predicted octanol–water partition coefficient (Wildman–Crippen LogP) is 2.57. The average Bonchev–Trinajstić information content (AvgIpc) is 2.26. The Morgan fingerprint density at radius 3 is 2.61 bits per heavy atom. The summed E-state index contributed by atoms with van der Waals surface area (Å²) < 4.78 is 13.5. The van der Waals surface area contributed by atoms with Crippen LogP contribution in [-0.4, -0.2) is 23.0 Å². The highest BCUT2D eigenvalue weighted by Gasteiger charge is 2.20. The Labute approximate surface area is 112 Å². The minimum Gasteiger partial charge on any atom is -0.480 e. The molecule has 0 spiro atoms. The van der Waals surface area contributed by atoms with Crippen LogP contribution in [0.4, 0.5) is 4.39 Å². The summed E-state index contributed by atoms with van der Waals surface area (Å²) in [7, 11) is 0. The van der Waals surface area contributed by atoms with Crippen LogP contribution in [0.5, 0.6) is 0 Å². The molecule has 0 fully saturated rings. The molecule has 0 radical (unpaired) electrons. The normalized spacial score (nSPS) is 11.9. The molecule has 1 aromatic carbocycles. The van der Waals surface area contributed by atoms with Crippen molar-refractivity contribution in [2.75, 3.05) is 0 Å². The maximum Gasteiger partial charge on any atom is 0.326 e. The molecule has 1 aromatic rings. The third-order valence-electron chi connectivity index (χ3n) is 2.31. The van der Waals surface area contributed by atoms with Crippen LogP contribution in [0.1, 0.15) is 30.1 Å². The largest absolute Gasteiger partial charge is 0.480 e. The Hall–Kier alpha value is -1.43. The van der Waals surface area contributed by atoms with Crippen LogP contribution >= 0.6 is 15.9 Å². The van der Waals surface area contributed by atoms with Crippen LogP contribution < -0.4 is 5.32 Å². The number of carbonyl (C=O) groups is 2. The maximum atomic E-state index is 13.1. The highest BCUT2D eigenvalue weighted by atomic mass is 79.9. The van der Waals surface area contributed by atoms with Crippen LogP contribution in [0.15, 0.2) is 22.7 Å². The van der Waals surface area contributed by atoms with Crippen molar-refractivity contribution in [2.45, 2.75) is 25.8 Å². The van der Waals surface area contributed by atoms with Crippen molar-refractivity contribution in [3.8, 4) is 0 Å². The molecular formula is C12H13BrFNO3. The molecule has 1 atom stereocenters. The van der Waals surface area contributed by atoms with E-state index in [0.29, 0.717) is 17.3 Å². The standard InChI is InChI=1S/C12H13BrFNO3/c1-2-3-10(12(17)18)15-11(16)7-4-8(13)6-9(14)5-7/h4-6,10H,2-3H2,1H3,(H,15,16)(H,17,18)/t10-/m1/s1. The van der Waals surface area contributed by atoms with Gasteiger partial charge in [-0.25, -0.2) is 9.18 Å². The summed E-state index contributed by atoms with van der Waals surface area (Å²) in [4.78, 5) is 22.7. The minimum absolute atomic E-state index is 0.0872. The number of carbonyl (C=O) groups excluding carboxylic acids is 1. The number of carboxylic acid groups (broad SMARTS) is 1. The van der Waals surface area contributed by atoms with Crippen LogP contribution in [0, 0.1) is 5.82 Å². The lowest BCUT2D eigenvalue weighted by atomic mass is 10.1. The number of carboxylic acids is 1. The fraction of sp³-hybridized carbons (Fsp3) is 0.333. The van der Waals surface area contributed by atoms with E-state index >= 15 is 0 Å². The number of amides is 1. The first-order valence-electron chi connectivity index (χ1n) is 5.43. The van der Waals surface area contributed by atoms with Crippen molar-refractivity contribution in [3.05, 3.63) is 34.1 Å². The molecule has 0 saturated carbocycles. The number of benzene rings is 1. The van der Waals surface area contributed by atoms with Gasteiger partial charge in [-0.3, -0.25) is 4.79 Å². The molecule has 0 heterocycles. The Bertz CT molecular complexity index is 444. The van der Waals surface area contributed by atoms with Crippen LogP contribution in [-0.2, 0) is 4.79 Å². The lowest BCUT2D eigenvalue weighted by molar-refractivity contribution is -0.139. The van der Waals surface area contributed by atoms with E-state index in [-0.39, 0.29) is 5.56 Å². The molecule has 0 bridgehead atoms. The molecule has 0 aromatic heterocycles. The zero-order chi connectivity index (χ0) is 13.7. The van der Waals surface area contributed by atoms with E-state index in [1.807, 2.05) is 6.92 Å². The van der Waals surface area contributed by atoms with E-state index in [2.05, 4.69) is 21.2 Å². The fourth-order valence-corrected chi connectivity index (χ4v) is 1.94. The highest BCUT2D eigenvalue weighted by molar-refractivity contribution is 9.10. The second-order valence-corrected chi connectivity index (χ2v) is 4.73. The first-order valence-corrected chi connectivity index (χ1v) is 6.23. The molecule has 1 rings (SSSR count). The minimum atomic E-state index is -1.10. The second kappa shape index (κ2) is 6.49. The Kier molecular flexibility index (Phi) is 5.27. The summed E-state index contributed by atoms with van der Waals surface area (Å²) in [6.07, 6.45) is 0.960. The number of rotatable bonds is 5. The van der Waals surface area contributed by atoms with Crippen molar-refractivity contribution in [1.29, 1.82) is 0 Å². The van der Waals surface area contributed by atoms with E-state index in [4.69, 9.17) is 5.11 Å². The van der Waals surface area contributed by atoms with Gasteiger partial charge in [0.1, 0.15) is 11.9 Å². The molecule has 0 aliphatic rings. The molecule has 2 N–H and O–H groups in total. The molecule has 98 valence electrons. The molecule has 0 aliphatic heterocycles. The van der Waals surface area contributed by atoms with Crippen molar-refractivity contribution >= 4 is 27.8 Å². The number of halogens is 2. The predicted molar refractivity (Wildman–Crippen MR) is 67.9 cm³/mol. The smallest absolute Gasteiger partial charge is 0.326 e. The third kappa shape index (κ3) is 4.10. The summed E-state index contributed by atoms with van der Waals surface area (Å²) >= 11 is 3.07. The molecular weight excluding hydrogens is 305 g/mol. The van der Waals surface area contributed by atoms with Gasteiger partial charge < -0.3 is 10.4 Å². The third-order valence-corrected chi connectivity index (χ3v) is 2.76. The van der Waals surface area contributed by atoms with Gasteiger partial charge in [0.05, 0.1) is 0 Å². The number of aliphatic carboxylic acids is 1. The number of hydrogen-bond acceptors (Lipinski definition) is 2. The SMILES string of the molecule is CCC[C@@H](NC(=O)c1cc(F)cc(Br)c1)C(=O)O. The van der Waals surface area contributed by atoms with Gasteiger partial charge >= 0.3 is 5.97 Å². The van der Waals surface area contributed by atoms with Crippen LogP contribution in [0.25, 0.3) is 0 Å². The summed E-state index contributed by atoms with van der Waals surface area (Å²) in [5.74, 6) is -2.26. The topological polar surface area (TPSA) is 66.4 Å². The van der Waals surface area contributed by atoms with Gasteiger partial charge in [0.15, 0.2) is 0 Å². The first-order chi connectivity index (χ1) is 8.43.